The molecule has 0 heterocycles. The molecule has 1 rings (SSSR count). The summed E-state index contributed by atoms with van der Waals surface area (Å²) in [5.41, 5.74) is 0.576. The Morgan fingerprint density at radius 3 is 2.50 bits per heavy atom. The number of amides is 1. The maximum Gasteiger partial charge on any atom is 0.407 e. The van der Waals surface area contributed by atoms with Crippen molar-refractivity contribution in [3.05, 3.63) is 35.9 Å². The lowest BCUT2D eigenvalue weighted by atomic mass is 10.3. The number of hydrogen-bond donors (Lipinski definition) is 1. The molecule has 16 heavy (non-hydrogen) atoms. The summed E-state index contributed by atoms with van der Waals surface area (Å²) in [6.07, 6.45) is -0.570. The fourth-order valence-corrected chi connectivity index (χ4v) is 1.27. The average Bonchev–Trinajstić information content (AvgIpc) is 2.29. The van der Waals surface area contributed by atoms with Gasteiger partial charge < -0.3 is 10.1 Å². The predicted molar refractivity (Wildman–Crippen MR) is 60.4 cm³/mol. The third kappa shape index (κ3) is 3.38. The third-order valence-corrected chi connectivity index (χ3v) is 2.06. The van der Waals surface area contributed by atoms with E-state index in [1.165, 1.54) is 0 Å². The Morgan fingerprint density at radius 2 is 1.94 bits per heavy atom. The number of carbonyl (C=O) groups is 2. The van der Waals surface area contributed by atoms with Gasteiger partial charge in [-0.1, -0.05) is 30.3 Å². The zero-order valence-electron chi connectivity index (χ0n) is 9.40. The number of ketones is 1. The number of nitrogens with one attached hydrogen (secondary N) is 1. The van der Waals surface area contributed by atoms with Crippen molar-refractivity contribution in [2.24, 2.45) is 0 Å². The fraction of sp³-hybridized carbons (Fsp3) is 0.333. The van der Waals surface area contributed by atoms with E-state index in [4.69, 9.17) is 4.74 Å². The van der Waals surface area contributed by atoms with Crippen molar-refractivity contribution in [1.29, 1.82) is 0 Å². The molecule has 0 aliphatic rings. The van der Waals surface area contributed by atoms with E-state index < -0.39 is 12.1 Å². The molecule has 4 heteroatoms. The van der Waals surface area contributed by atoms with Gasteiger partial charge in [0.25, 0.3) is 0 Å². The summed E-state index contributed by atoms with van der Waals surface area (Å²) in [5.74, 6) is -0.131. The standard InChI is InChI=1S/C12H15NO3/c1-3-16-12(15)13-9(2)11(14)10-7-5-4-6-8-10/h4-9H,3H2,1-2H3,(H,13,15)/t9-/m0/s1/i4+2,5+2,6+2,7+2,8+2,10+2. The molecule has 1 N–H and O–H groups in total. The number of alkyl carbamates (subject to hydrolysis) is 1. The van der Waals surface area contributed by atoms with Crippen LogP contribution < -0.4 is 5.32 Å². The van der Waals surface area contributed by atoms with Crippen LogP contribution in [0.5, 0.6) is 0 Å². The molecular formula is C12H15NO3. The highest BCUT2D eigenvalue weighted by Gasteiger charge is 2.17. The molecule has 1 aromatic carbocycles. The van der Waals surface area contributed by atoms with Crippen molar-refractivity contribution in [2.45, 2.75) is 19.9 Å². The molecule has 1 amide bonds. The molecule has 0 radical (unpaired) electrons. The van der Waals surface area contributed by atoms with Crippen molar-refractivity contribution in [3.63, 3.8) is 0 Å². The first kappa shape index (κ1) is 12.2. The average molecular weight is 233 g/mol. The Hall–Kier alpha value is -1.84. The molecule has 86 valence electrons. The smallest absolute Gasteiger partial charge is 0.407 e. The summed E-state index contributed by atoms with van der Waals surface area (Å²) < 4.78 is 4.70. The third-order valence-electron chi connectivity index (χ3n) is 2.06. The van der Waals surface area contributed by atoms with Gasteiger partial charge in [0.1, 0.15) is 0 Å². The van der Waals surface area contributed by atoms with Crippen molar-refractivity contribution in [2.75, 3.05) is 6.61 Å². The van der Waals surface area contributed by atoms with Gasteiger partial charge in [0.2, 0.25) is 0 Å². The van der Waals surface area contributed by atoms with Crippen molar-refractivity contribution in [3.8, 4) is 0 Å². The first-order valence-corrected chi connectivity index (χ1v) is 5.17. The van der Waals surface area contributed by atoms with Gasteiger partial charge in [-0.25, -0.2) is 4.79 Å². The highest BCUT2D eigenvalue weighted by atomic mass is 16.5. The van der Waals surface area contributed by atoms with Gasteiger partial charge in [0, 0.05) is 5.56 Å². The summed E-state index contributed by atoms with van der Waals surface area (Å²) in [4.78, 5) is 22.9. The van der Waals surface area contributed by atoms with E-state index >= 15 is 0 Å². The second-order valence-corrected chi connectivity index (χ2v) is 3.32. The van der Waals surface area contributed by atoms with E-state index in [1.807, 2.05) is 6.07 Å². The molecule has 0 aliphatic heterocycles. The van der Waals surface area contributed by atoms with E-state index in [0.717, 1.165) is 0 Å². The molecule has 0 spiro atoms. The molecule has 0 aliphatic carbocycles. The number of rotatable bonds is 4. The van der Waals surface area contributed by atoms with Crippen molar-refractivity contribution < 1.29 is 14.3 Å². The van der Waals surface area contributed by atoms with Crippen LogP contribution in [0.2, 0.25) is 0 Å². The molecule has 0 fully saturated rings. The summed E-state index contributed by atoms with van der Waals surface area (Å²) in [7, 11) is 0. The summed E-state index contributed by atoms with van der Waals surface area (Å²) >= 11 is 0. The second-order valence-electron chi connectivity index (χ2n) is 3.32. The Balaban J connectivity index is 2.58. The second kappa shape index (κ2) is 5.90. The van der Waals surface area contributed by atoms with E-state index in [9.17, 15) is 9.59 Å². The van der Waals surface area contributed by atoms with Crippen LogP contribution in [0.15, 0.2) is 30.3 Å². The van der Waals surface area contributed by atoms with E-state index in [0.29, 0.717) is 5.56 Å². The first-order chi connectivity index (χ1) is 7.65. The van der Waals surface area contributed by atoms with Crippen LogP contribution in [0.25, 0.3) is 0 Å². The number of hydrogen-bond acceptors (Lipinski definition) is 3. The number of benzene rings is 1. The number of carbonyl (C=O) groups excluding carboxylic acids is 2. The fourth-order valence-electron chi connectivity index (χ4n) is 1.27. The largest absolute Gasteiger partial charge is 0.450 e. The Bertz CT molecular complexity index is 362. The zero-order valence-corrected chi connectivity index (χ0v) is 9.40. The van der Waals surface area contributed by atoms with Crippen LogP contribution in [0.4, 0.5) is 4.79 Å². The molecular weight excluding hydrogens is 218 g/mol. The molecule has 0 saturated heterocycles. The van der Waals surface area contributed by atoms with Crippen LogP contribution in [0, 0.1) is 0 Å². The SMILES string of the molecule is CCOC(=O)N[C@@H](C)C(=O)[14c]1[14cH][14cH][14cH][14cH][14cH]1. The van der Waals surface area contributed by atoms with Crippen LogP contribution in [0.1, 0.15) is 24.2 Å². The van der Waals surface area contributed by atoms with Gasteiger partial charge >= 0.3 is 6.09 Å². The highest BCUT2D eigenvalue weighted by Crippen LogP contribution is 2.03. The maximum atomic E-state index is 11.8. The van der Waals surface area contributed by atoms with Crippen LogP contribution in [-0.4, -0.2) is 24.5 Å². The van der Waals surface area contributed by atoms with Gasteiger partial charge in [0.05, 0.1) is 12.6 Å². The lowest BCUT2D eigenvalue weighted by Gasteiger charge is -2.12. The van der Waals surface area contributed by atoms with Crippen LogP contribution in [0.3, 0.4) is 0 Å². The van der Waals surface area contributed by atoms with Gasteiger partial charge in [0.15, 0.2) is 5.78 Å². The van der Waals surface area contributed by atoms with Gasteiger partial charge in [-0.05, 0) is 13.8 Å². The molecule has 0 aromatic heterocycles. The number of Topliss-reactive ketones (excluding diaryl/α,β-unsaturated/α-hetero) is 1. The lowest BCUT2D eigenvalue weighted by Crippen LogP contribution is -2.38. The maximum absolute atomic E-state index is 11.8. The molecule has 0 saturated carbocycles. The topological polar surface area (TPSA) is 55.4 Å². The van der Waals surface area contributed by atoms with Crippen LogP contribution >= 0.6 is 0 Å². The first-order valence-electron chi connectivity index (χ1n) is 5.17. The van der Waals surface area contributed by atoms with E-state index in [-0.39, 0.29) is 12.4 Å². The van der Waals surface area contributed by atoms with E-state index in [2.05, 4.69) is 5.32 Å². The Kier molecular flexibility index (Phi) is 4.51. The van der Waals surface area contributed by atoms with Gasteiger partial charge in [-0.2, -0.15) is 0 Å². The Labute approximate surface area is 94.6 Å². The minimum absolute atomic E-state index is 0.131. The van der Waals surface area contributed by atoms with Crippen molar-refractivity contribution in [1.82, 2.24) is 5.32 Å². The monoisotopic (exact) mass is 233 g/mol. The zero-order chi connectivity index (χ0) is 12.0. The molecule has 0 unspecified atom stereocenters. The quantitative estimate of drug-likeness (QED) is 0.809. The molecule has 0 bridgehead atoms. The minimum atomic E-state index is -0.582. The summed E-state index contributed by atoms with van der Waals surface area (Å²) in [6.45, 7) is 3.63. The lowest BCUT2D eigenvalue weighted by molar-refractivity contribution is 0.0933. The van der Waals surface area contributed by atoms with Gasteiger partial charge in [-0.3, -0.25) is 4.79 Å². The summed E-state index contributed by atoms with van der Waals surface area (Å²) in [5, 5.41) is 2.47. The minimum Gasteiger partial charge on any atom is -0.450 e. The predicted octanol–water partition coefficient (Wildman–Crippen LogP) is 2.00. The normalized spacial score (nSPS) is 11.6. The van der Waals surface area contributed by atoms with E-state index in [1.54, 1.807) is 38.1 Å². The Morgan fingerprint density at radius 1 is 1.31 bits per heavy atom. The van der Waals surface area contributed by atoms with Crippen LogP contribution in [-0.2, 0) is 4.74 Å². The molecule has 4 nitrogen and oxygen atoms in total. The molecule has 1 aromatic rings. The number of ether oxygens (including phenoxy) is 1. The van der Waals surface area contributed by atoms with Gasteiger partial charge in [-0.15, -0.1) is 0 Å². The van der Waals surface area contributed by atoms with Crippen molar-refractivity contribution >= 4 is 11.9 Å². The molecule has 1 atom stereocenters. The highest BCUT2D eigenvalue weighted by molar-refractivity contribution is 6.01. The summed E-state index contributed by atoms with van der Waals surface area (Å²) in [6, 6.07) is 8.24.